The smallest absolute Gasteiger partial charge is 0.253 e. The van der Waals surface area contributed by atoms with Crippen molar-refractivity contribution in [3.05, 3.63) is 51.6 Å². The van der Waals surface area contributed by atoms with E-state index >= 15 is 0 Å². The van der Waals surface area contributed by atoms with Gasteiger partial charge in [-0.05, 0) is 38.5 Å². The van der Waals surface area contributed by atoms with Crippen LogP contribution in [0.25, 0.3) is 0 Å². The van der Waals surface area contributed by atoms with Crippen molar-refractivity contribution in [3.8, 4) is 0 Å². The van der Waals surface area contributed by atoms with Crippen molar-refractivity contribution in [2.45, 2.75) is 32.9 Å². The molecule has 1 unspecified atom stereocenters. The third-order valence-electron chi connectivity index (χ3n) is 4.34. The van der Waals surface area contributed by atoms with Crippen molar-refractivity contribution in [1.82, 2.24) is 15.4 Å². The lowest BCUT2D eigenvalue weighted by molar-refractivity contribution is 0.0937. The fourth-order valence-electron chi connectivity index (χ4n) is 2.98. The highest BCUT2D eigenvalue weighted by Crippen LogP contribution is 2.20. The Morgan fingerprint density at radius 1 is 1.50 bits per heavy atom. The molecule has 0 saturated carbocycles. The summed E-state index contributed by atoms with van der Waals surface area (Å²) in [7, 11) is 0. The van der Waals surface area contributed by atoms with E-state index in [2.05, 4.69) is 15.4 Å². The molecule has 1 aliphatic heterocycles. The molecule has 1 N–H and O–H groups in total. The molecule has 1 aromatic heterocycles. The number of halogens is 2. The molecular weight excluding hydrogens is 333 g/mol. The zero-order chi connectivity index (χ0) is 17.3. The number of aromatic nitrogens is 1. The third-order valence-corrected chi connectivity index (χ3v) is 4.67. The third kappa shape index (κ3) is 3.60. The lowest BCUT2D eigenvalue weighted by atomic mass is 10.1. The van der Waals surface area contributed by atoms with Gasteiger partial charge in [0.15, 0.2) is 0 Å². The first-order valence-corrected chi connectivity index (χ1v) is 8.22. The van der Waals surface area contributed by atoms with Gasteiger partial charge in [-0.2, -0.15) is 0 Å². The molecule has 1 aromatic carbocycles. The second-order valence-electron chi connectivity index (χ2n) is 6.12. The van der Waals surface area contributed by atoms with Crippen molar-refractivity contribution >= 4 is 17.5 Å². The van der Waals surface area contributed by atoms with Gasteiger partial charge in [0.1, 0.15) is 11.6 Å². The molecule has 0 bridgehead atoms. The Bertz CT molecular complexity index is 743. The Kier molecular flexibility index (Phi) is 4.87. The summed E-state index contributed by atoms with van der Waals surface area (Å²) in [5.74, 6) is 0.00576. The molecule has 24 heavy (non-hydrogen) atoms. The molecule has 5 nitrogen and oxygen atoms in total. The van der Waals surface area contributed by atoms with Crippen molar-refractivity contribution < 1.29 is 13.7 Å². The van der Waals surface area contributed by atoms with Crippen molar-refractivity contribution in [2.24, 2.45) is 0 Å². The minimum atomic E-state index is -0.476. The van der Waals surface area contributed by atoms with E-state index < -0.39 is 5.82 Å². The van der Waals surface area contributed by atoms with Crippen LogP contribution in [-0.4, -0.2) is 35.1 Å². The first kappa shape index (κ1) is 16.9. The largest absolute Gasteiger partial charge is 0.361 e. The van der Waals surface area contributed by atoms with Crippen LogP contribution in [0.1, 0.15) is 33.8 Å². The minimum absolute atomic E-state index is 0.0114. The predicted octanol–water partition coefficient (Wildman–Crippen LogP) is 3.09. The molecule has 0 radical (unpaired) electrons. The second kappa shape index (κ2) is 6.91. The van der Waals surface area contributed by atoms with E-state index in [1.54, 1.807) is 0 Å². The maximum atomic E-state index is 13.3. The monoisotopic (exact) mass is 351 g/mol. The Morgan fingerprint density at radius 2 is 2.29 bits per heavy atom. The number of nitrogens with zero attached hydrogens (tertiary/aromatic N) is 2. The predicted molar refractivity (Wildman–Crippen MR) is 88.5 cm³/mol. The number of nitrogens with one attached hydrogen (secondary N) is 1. The first-order chi connectivity index (χ1) is 11.4. The van der Waals surface area contributed by atoms with Crippen LogP contribution >= 0.6 is 11.6 Å². The van der Waals surface area contributed by atoms with E-state index in [4.69, 9.17) is 16.1 Å². The highest BCUT2D eigenvalue weighted by atomic mass is 35.5. The molecule has 1 aliphatic rings. The zero-order valence-corrected chi connectivity index (χ0v) is 14.4. The molecule has 0 spiro atoms. The molecule has 128 valence electrons. The summed E-state index contributed by atoms with van der Waals surface area (Å²) in [6, 6.07) is 3.80. The quantitative estimate of drug-likeness (QED) is 0.919. The van der Waals surface area contributed by atoms with Gasteiger partial charge in [0.05, 0.1) is 16.3 Å². The number of likely N-dealkylation sites (tertiary alicyclic amines) is 1. The summed E-state index contributed by atoms with van der Waals surface area (Å²) >= 11 is 5.98. The average Bonchev–Trinajstić information content (AvgIpc) is 3.11. The van der Waals surface area contributed by atoms with Gasteiger partial charge in [-0.25, -0.2) is 4.39 Å². The SMILES string of the molecule is Cc1noc(C)c1CN1CCC(NC(=O)c2cc(F)ccc2Cl)C1. The van der Waals surface area contributed by atoms with Crippen LogP contribution < -0.4 is 5.32 Å². The van der Waals surface area contributed by atoms with Crippen LogP contribution in [0.15, 0.2) is 22.7 Å². The summed E-state index contributed by atoms with van der Waals surface area (Å²) < 4.78 is 18.5. The van der Waals surface area contributed by atoms with Crippen LogP contribution in [0.5, 0.6) is 0 Å². The number of hydrogen-bond acceptors (Lipinski definition) is 4. The highest BCUT2D eigenvalue weighted by Gasteiger charge is 2.26. The number of carbonyl (C=O) groups is 1. The molecule has 1 fully saturated rings. The van der Waals surface area contributed by atoms with E-state index in [1.165, 1.54) is 12.1 Å². The number of benzene rings is 1. The molecule has 3 rings (SSSR count). The molecule has 7 heteroatoms. The molecule has 2 heterocycles. The molecule has 1 amide bonds. The molecule has 1 atom stereocenters. The lowest BCUT2D eigenvalue weighted by Gasteiger charge is -2.17. The number of aryl methyl sites for hydroxylation is 2. The van der Waals surface area contributed by atoms with Crippen LogP contribution in [-0.2, 0) is 6.54 Å². The standard InChI is InChI=1S/C17H19ClFN3O2/c1-10-15(11(2)24-21-10)9-22-6-5-13(8-22)20-17(23)14-7-12(19)3-4-16(14)18/h3-4,7,13H,5-6,8-9H2,1-2H3,(H,20,23). The summed E-state index contributed by atoms with van der Waals surface area (Å²) in [4.78, 5) is 14.5. The van der Waals surface area contributed by atoms with Gasteiger partial charge >= 0.3 is 0 Å². The molecule has 0 aliphatic carbocycles. The average molecular weight is 352 g/mol. The second-order valence-corrected chi connectivity index (χ2v) is 6.53. The minimum Gasteiger partial charge on any atom is -0.361 e. The highest BCUT2D eigenvalue weighted by molar-refractivity contribution is 6.33. The normalized spacial score (nSPS) is 18.1. The number of hydrogen-bond donors (Lipinski definition) is 1. The van der Waals surface area contributed by atoms with E-state index in [0.29, 0.717) is 0 Å². The van der Waals surface area contributed by atoms with E-state index in [-0.39, 0.29) is 22.5 Å². The fraction of sp³-hybridized carbons (Fsp3) is 0.412. The first-order valence-electron chi connectivity index (χ1n) is 7.84. The molecular formula is C17H19ClFN3O2. The van der Waals surface area contributed by atoms with Gasteiger partial charge in [-0.3, -0.25) is 9.69 Å². The fourth-order valence-corrected chi connectivity index (χ4v) is 3.18. The summed E-state index contributed by atoms with van der Waals surface area (Å²) in [6.07, 6.45) is 0.835. The van der Waals surface area contributed by atoms with Gasteiger partial charge < -0.3 is 9.84 Å². The molecule has 2 aromatic rings. The lowest BCUT2D eigenvalue weighted by Crippen LogP contribution is -2.37. The molecule has 1 saturated heterocycles. The van der Waals surface area contributed by atoms with E-state index in [9.17, 15) is 9.18 Å². The number of carbonyl (C=O) groups excluding carboxylic acids is 1. The number of rotatable bonds is 4. The van der Waals surface area contributed by atoms with Crippen LogP contribution in [0, 0.1) is 19.7 Å². The van der Waals surface area contributed by atoms with Crippen LogP contribution in [0.2, 0.25) is 5.02 Å². The van der Waals surface area contributed by atoms with Gasteiger partial charge in [0, 0.05) is 31.2 Å². The van der Waals surface area contributed by atoms with Gasteiger partial charge in [-0.1, -0.05) is 16.8 Å². The Morgan fingerprint density at radius 3 is 3.00 bits per heavy atom. The van der Waals surface area contributed by atoms with Crippen LogP contribution in [0.4, 0.5) is 4.39 Å². The summed E-state index contributed by atoms with van der Waals surface area (Å²) in [6.45, 7) is 6.16. The summed E-state index contributed by atoms with van der Waals surface area (Å²) in [5.41, 5.74) is 2.16. The van der Waals surface area contributed by atoms with Crippen molar-refractivity contribution in [1.29, 1.82) is 0 Å². The Labute approximate surface area is 144 Å². The number of amides is 1. The van der Waals surface area contributed by atoms with Crippen LogP contribution in [0.3, 0.4) is 0 Å². The van der Waals surface area contributed by atoms with Gasteiger partial charge in [0.25, 0.3) is 5.91 Å². The maximum absolute atomic E-state index is 13.3. The Hall–Kier alpha value is -1.92. The maximum Gasteiger partial charge on any atom is 0.253 e. The Balaban J connectivity index is 1.60. The summed E-state index contributed by atoms with van der Waals surface area (Å²) in [5, 5.41) is 7.14. The van der Waals surface area contributed by atoms with E-state index in [1.807, 2.05) is 13.8 Å². The van der Waals surface area contributed by atoms with Gasteiger partial charge in [-0.15, -0.1) is 0 Å². The van der Waals surface area contributed by atoms with Crippen molar-refractivity contribution in [2.75, 3.05) is 13.1 Å². The van der Waals surface area contributed by atoms with Crippen molar-refractivity contribution in [3.63, 3.8) is 0 Å². The van der Waals surface area contributed by atoms with E-state index in [0.717, 1.165) is 49.1 Å². The topological polar surface area (TPSA) is 58.4 Å². The van der Waals surface area contributed by atoms with Gasteiger partial charge in [0.2, 0.25) is 0 Å². The zero-order valence-electron chi connectivity index (χ0n) is 13.6.